The van der Waals surface area contributed by atoms with Crippen LogP contribution in [0.1, 0.15) is 28.4 Å². The van der Waals surface area contributed by atoms with E-state index in [4.69, 9.17) is 5.10 Å². The Bertz CT molecular complexity index is 1110. The number of hydrogen-bond donors (Lipinski definition) is 1. The van der Waals surface area contributed by atoms with Gasteiger partial charge < -0.3 is 5.32 Å². The molecule has 2 aliphatic rings. The number of aryl methyl sites for hydroxylation is 2. The average molecular weight is 373 g/mol. The minimum Gasteiger partial charge on any atom is -0.314 e. The molecule has 6 nitrogen and oxygen atoms in total. The third kappa shape index (κ3) is 2.77. The van der Waals surface area contributed by atoms with Gasteiger partial charge in [0.15, 0.2) is 11.4 Å². The molecule has 1 N–H and O–H groups in total. The number of carbonyl (C=O) groups is 1. The third-order valence-electron chi connectivity index (χ3n) is 5.64. The fourth-order valence-electron chi connectivity index (χ4n) is 4.33. The van der Waals surface area contributed by atoms with Crippen molar-refractivity contribution in [2.45, 2.75) is 19.9 Å². The Morgan fingerprint density at radius 2 is 1.96 bits per heavy atom. The van der Waals surface area contributed by atoms with Crippen molar-refractivity contribution in [3.63, 3.8) is 0 Å². The van der Waals surface area contributed by atoms with Gasteiger partial charge in [0.25, 0.3) is 0 Å². The van der Waals surface area contributed by atoms with Gasteiger partial charge in [0.1, 0.15) is 0 Å². The summed E-state index contributed by atoms with van der Waals surface area (Å²) in [7, 11) is 0. The summed E-state index contributed by atoms with van der Waals surface area (Å²) in [6.07, 6.45) is 5.63. The quantitative estimate of drug-likeness (QED) is 0.748. The summed E-state index contributed by atoms with van der Waals surface area (Å²) in [5, 5.41) is 8.17. The number of imidazole rings is 1. The molecule has 1 aromatic carbocycles. The summed E-state index contributed by atoms with van der Waals surface area (Å²) in [5.74, 6) is 0.163. The summed E-state index contributed by atoms with van der Waals surface area (Å²) in [6.45, 7) is 7.63. The fourth-order valence-corrected chi connectivity index (χ4v) is 4.33. The SMILES string of the molecule is Cc1cn2nc(-c3cccc4c3C=CC(=O)C4N3CCNCC3)cc(C)c2n1. The van der Waals surface area contributed by atoms with Crippen molar-refractivity contribution in [3.05, 3.63) is 58.9 Å². The number of piperazine rings is 1. The molecule has 0 radical (unpaired) electrons. The van der Waals surface area contributed by atoms with Gasteiger partial charge in [-0.2, -0.15) is 5.10 Å². The highest BCUT2D eigenvalue weighted by Crippen LogP contribution is 2.36. The van der Waals surface area contributed by atoms with E-state index in [1.54, 1.807) is 6.08 Å². The second-order valence-corrected chi connectivity index (χ2v) is 7.60. The minimum absolute atomic E-state index is 0.163. The van der Waals surface area contributed by atoms with Crippen LogP contribution in [0.5, 0.6) is 0 Å². The van der Waals surface area contributed by atoms with Gasteiger partial charge in [0.2, 0.25) is 0 Å². The van der Waals surface area contributed by atoms with Crippen LogP contribution >= 0.6 is 0 Å². The molecule has 0 amide bonds. The van der Waals surface area contributed by atoms with Gasteiger partial charge in [0.05, 0.1) is 23.6 Å². The second-order valence-electron chi connectivity index (χ2n) is 7.60. The van der Waals surface area contributed by atoms with E-state index in [1.807, 2.05) is 29.8 Å². The largest absolute Gasteiger partial charge is 0.314 e. The zero-order valence-corrected chi connectivity index (χ0v) is 16.1. The summed E-state index contributed by atoms with van der Waals surface area (Å²) in [6, 6.07) is 8.09. The zero-order chi connectivity index (χ0) is 19.3. The predicted molar refractivity (Wildman–Crippen MR) is 109 cm³/mol. The van der Waals surface area contributed by atoms with Crippen LogP contribution in [0.4, 0.5) is 0 Å². The first-order chi connectivity index (χ1) is 13.6. The molecule has 28 heavy (non-hydrogen) atoms. The molecule has 142 valence electrons. The Morgan fingerprint density at radius 3 is 2.79 bits per heavy atom. The van der Waals surface area contributed by atoms with Crippen LogP contribution in [0.15, 0.2) is 36.5 Å². The smallest absolute Gasteiger partial charge is 0.177 e. The van der Waals surface area contributed by atoms with E-state index >= 15 is 0 Å². The number of aromatic nitrogens is 3. The Kier molecular flexibility index (Phi) is 4.10. The van der Waals surface area contributed by atoms with Crippen LogP contribution in [0.2, 0.25) is 0 Å². The van der Waals surface area contributed by atoms with Crippen LogP contribution in [0, 0.1) is 13.8 Å². The number of carbonyl (C=O) groups excluding carboxylic acids is 1. The molecular formula is C22H23N5O. The number of fused-ring (bicyclic) bond motifs is 2. The standard InChI is InChI=1S/C22H23N5O/c1-14-12-19(25-27-13-15(2)24-22(14)27)17-4-3-5-18-16(17)6-7-20(28)21(18)26-10-8-23-9-11-26/h3-7,12-13,21,23H,8-11H2,1-2H3. The average Bonchev–Trinajstić information content (AvgIpc) is 3.09. The summed E-state index contributed by atoms with van der Waals surface area (Å²) in [4.78, 5) is 19.6. The molecule has 6 heteroatoms. The first-order valence-electron chi connectivity index (χ1n) is 9.75. The Labute approximate surface area is 163 Å². The molecule has 0 spiro atoms. The molecular weight excluding hydrogens is 350 g/mol. The van der Waals surface area contributed by atoms with Crippen LogP contribution in [0.3, 0.4) is 0 Å². The monoisotopic (exact) mass is 373 g/mol. The molecule has 1 aliphatic carbocycles. The van der Waals surface area contributed by atoms with E-state index in [9.17, 15) is 4.79 Å². The number of nitrogens with one attached hydrogen (secondary N) is 1. The topological polar surface area (TPSA) is 62.5 Å². The van der Waals surface area contributed by atoms with Gasteiger partial charge in [-0.3, -0.25) is 9.69 Å². The Hall–Kier alpha value is -2.83. The zero-order valence-electron chi connectivity index (χ0n) is 16.1. The van der Waals surface area contributed by atoms with Crippen molar-refractivity contribution in [1.29, 1.82) is 0 Å². The van der Waals surface area contributed by atoms with Gasteiger partial charge in [-0.05, 0) is 42.7 Å². The maximum Gasteiger partial charge on any atom is 0.177 e. The molecule has 3 aromatic rings. The number of benzene rings is 1. The third-order valence-corrected chi connectivity index (χ3v) is 5.64. The van der Waals surface area contributed by atoms with E-state index in [-0.39, 0.29) is 11.8 Å². The van der Waals surface area contributed by atoms with Crippen LogP contribution in [-0.4, -0.2) is 51.5 Å². The maximum atomic E-state index is 12.8. The summed E-state index contributed by atoms with van der Waals surface area (Å²) in [5.41, 5.74) is 7.05. The van der Waals surface area contributed by atoms with E-state index in [0.717, 1.165) is 65.5 Å². The van der Waals surface area contributed by atoms with Crippen molar-refractivity contribution < 1.29 is 4.79 Å². The molecule has 1 aliphatic heterocycles. The van der Waals surface area contributed by atoms with Gasteiger partial charge in [0, 0.05) is 31.7 Å². The predicted octanol–water partition coefficient (Wildman–Crippen LogP) is 2.56. The molecule has 0 saturated carbocycles. The van der Waals surface area contributed by atoms with Crippen LogP contribution < -0.4 is 5.32 Å². The van der Waals surface area contributed by atoms with Crippen molar-refractivity contribution in [2.75, 3.05) is 26.2 Å². The normalized spacial score (nSPS) is 19.9. The van der Waals surface area contributed by atoms with E-state index in [1.165, 1.54) is 0 Å². The lowest BCUT2D eigenvalue weighted by molar-refractivity contribution is -0.120. The van der Waals surface area contributed by atoms with Crippen molar-refractivity contribution in [2.24, 2.45) is 0 Å². The molecule has 1 saturated heterocycles. The highest BCUT2D eigenvalue weighted by Gasteiger charge is 2.32. The van der Waals surface area contributed by atoms with E-state index in [2.05, 4.69) is 40.3 Å². The Balaban J connectivity index is 1.65. The second kappa shape index (κ2) is 6.65. The molecule has 1 unspecified atom stereocenters. The first kappa shape index (κ1) is 17.3. The highest BCUT2D eigenvalue weighted by molar-refractivity contribution is 6.03. The summed E-state index contributed by atoms with van der Waals surface area (Å²) >= 11 is 0. The maximum absolute atomic E-state index is 12.8. The number of ketones is 1. The molecule has 0 bridgehead atoms. The van der Waals surface area contributed by atoms with E-state index < -0.39 is 0 Å². The first-order valence-corrected chi connectivity index (χ1v) is 9.75. The van der Waals surface area contributed by atoms with Crippen molar-refractivity contribution >= 4 is 17.5 Å². The highest BCUT2D eigenvalue weighted by atomic mass is 16.1. The number of nitrogens with zero attached hydrogens (tertiary/aromatic N) is 4. The lowest BCUT2D eigenvalue weighted by atomic mass is 9.86. The van der Waals surface area contributed by atoms with Crippen LogP contribution in [0.25, 0.3) is 23.0 Å². The number of rotatable bonds is 2. The van der Waals surface area contributed by atoms with E-state index in [0.29, 0.717) is 0 Å². The van der Waals surface area contributed by atoms with Gasteiger partial charge >= 0.3 is 0 Å². The Morgan fingerprint density at radius 1 is 1.14 bits per heavy atom. The number of hydrogen-bond acceptors (Lipinski definition) is 5. The van der Waals surface area contributed by atoms with Gasteiger partial charge in [-0.1, -0.05) is 24.3 Å². The van der Waals surface area contributed by atoms with Crippen molar-refractivity contribution in [1.82, 2.24) is 24.8 Å². The molecule has 2 aromatic heterocycles. The lowest BCUT2D eigenvalue weighted by Crippen LogP contribution is -2.47. The molecule has 1 atom stereocenters. The van der Waals surface area contributed by atoms with Crippen LogP contribution in [-0.2, 0) is 4.79 Å². The minimum atomic E-state index is -0.206. The van der Waals surface area contributed by atoms with Gasteiger partial charge in [-0.25, -0.2) is 9.50 Å². The lowest BCUT2D eigenvalue weighted by Gasteiger charge is -2.36. The molecule has 5 rings (SSSR count). The van der Waals surface area contributed by atoms with Gasteiger partial charge in [-0.15, -0.1) is 0 Å². The van der Waals surface area contributed by atoms with Crippen molar-refractivity contribution in [3.8, 4) is 11.3 Å². The summed E-state index contributed by atoms with van der Waals surface area (Å²) < 4.78 is 1.85. The molecule has 3 heterocycles. The fraction of sp³-hybridized carbons (Fsp3) is 0.318. The molecule has 1 fully saturated rings.